The summed E-state index contributed by atoms with van der Waals surface area (Å²) in [5.74, 6) is -0.962. The van der Waals surface area contributed by atoms with E-state index in [0.29, 0.717) is 11.3 Å². The van der Waals surface area contributed by atoms with E-state index >= 15 is 0 Å². The van der Waals surface area contributed by atoms with Crippen molar-refractivity contribution >= 4 is 51.6 Å². The van der Waals surface area contributed by atoms with Gasteiger partial charge >= 0.3 is 5.69 Å². The van der Waals surface area contributed by atoms with Gasteiger partial charge in [0.1, 0.15) is 6.54 Å². The third-order valence-electron chi connectivity index (χ3n) is 5.19. The minimum atomic E-state index is -0.517. The fourth-order valence-electron chi connectivity index (χ4n) is 3.45. The van der Waals surface area contributed by atoms with E-state index in [-0.39, 0.29) is 17.1 Å². The van der Waals surface area contributed by atoms with Crippen LogP contribution in [0, 0.1) is 6.92 Å². The molecular weight excluding hydrogens is 416 g/mol. The molecule has 1 aromatic heterocycles. The van der Waals surface area contributed by atoms with Crippen LogP contribution in [0.25, 0.3) is 17.1 Å². The van der Waals surface area contributed by atoms with E-state index < -0.39 is 17.1 Å². The molecular formula is C22H20N4O4S. The normalized spacial score (nSPS) is 15.3. The summed E-state index contributed by atoms with van der Waals surface area (Å²) in [6, 6.07) is 12.6. The highest BCUT2D eigenvalue weighted by Crippen LogP contribution is 2.32. The van der Waals surface area contributed by atoms with Crippen molar-refractivity contribution in [2.24, 2.45) is 14.1 Å². The maximum absolute atomic E-state index is 12.7. The predicted octanol–water partition coefficient (Wildman–Crippen LogP) is 2.86. The molecule has 1 aliphatic rings. The Balaban J connectivity index is 1.54. The largest absolute Gasteiger partial charge is 0.328 e. The lowest BCUT2D eigenvalue weighted by Crippen LogP contribution is -2.36. The molecule has 0 aliphatic carbocycles. The Morgan fingerprint density at radius 2 is 1.74 bits per heavy atom. The summed E-state index contributed by atoms with van der Waals surface area (Å²) in [6.45, 7) is 1.50. The smallest absolute Gasteiger partial charge is 0.324 e. The number of nitrogens with zero attached hydrogens (tertiary/aromatic N) is 3. The number of aryl methyl sites for hydroxylation is 3. The number of fused-ring (bicyclic) bond motifs is 1. The highest BCUT2D eigenvalue weighted by molar-refractivity contribution is 8.18. The zero-order chi connectivity index (χ0) is 22.3. The molecule has 0 unspecified atom stereocenters. The fourth-order valence-corrected chi connectivity index (χ4v) is 4.29. The lowest BCUT2D eigenvalue weighted by atomic mass is 10.2. The molecule has 1 fully saturated rings. The van der Waals surface area contributed by atoms with Gasteiger partial charge in [-0.1, -0.05) is 24.3 Å². The Morgan fingerprint density at radius 3 is 2.48 bits per heavy atom. The first-order valence-electron chi connectivity index (χ1n) is 9.52. The summed E-state index contributed by atoms with van der Waals surface area (Å²) < 4.78 is 3.06. The van der Waals surface area contributed by atoms with E-state index in [2.05, 4.69) is 5.32 Å². The Bertz CT molecular complexity index is 1340. The molecule has 4 rings (SSSR count). The summed E-state index contributed by atoms with van der Waals surface area (Å²) >= 11 is 0.791. The second-order valence-corrected chi connectivity index (χ2v) is 8.27. The van der Waals surface area contributed by atoms with Gasteiger partial charge in [0.05, 0.1) is 15.9 Å². The maximum Gasteiger partial charge on any atom is 0.328 e. The Labute approximate surface area is 182 Å². The van der Waals surface area contributed by atoms with Crippen LogP contribution in [0.5, 0.6) is 0 Å². The number of benzene rings is 2. The van der Waals surface area contributed by atoms with Gasteiger partial charge in [-0.15, -0.1) is 0 Å². The van der Waals surface area contributed by atoms with Gasteiger partial charge in [0.2, 0.25) is 5.91 Å². The first-order valence-corrected chi connectivity index (χ1v) is 10.3. The molecule has 2 heterocycles. The zero-order valence-electron chi connectivity index (χ0n) is 17.2. The number of aromatic nitrogens is 2. The van der Waals surface area contributed by atoms with Crippen LogP contribution >= 0.6 is 11.8 Å². The van der Waals surface area contributed by atoms with Crippen molar-refractivity contribution in [3.05, 3.63) is 69.0 Å². The van der Waals surface area contributed by atoms with Gasteiger partial charge in [-0.05, 0) is 54.1 Å². The quantitative estimate of drug-likeness (QED) is 0.635. The molecule has 3 amide bonds. The van der Waals surface area contributed by atoms with Crippen LogP contribution in [0.2, 0.25) is 0 Å². The molecule has 0 atom stereocenters. The molecule has 0 radical (unpaired) electrons. The van der Waals surface area contributed by atoms with Crippen LogP contribution < -0.4 is 11.0 Å². The number of carbonyl (C=O) groups excluding carboxylic acids is 3. The van der Waals surface area contributed by atoms with Gasteiger partial charge in [-0.25, -0.2) is 4.79 Å². The average Bonchev–Trinajstić information content (AvgIpc) is 3.12. The number of para-hydroxylation sites is 1. The van der Waals surface area contributed by atoms with Crippen LogP contribution in [0.3, 0.4) is 0 Å². The van der Waals surface area contributed by atoms with Crippen molar-refractivity contribution in [3.8, 4) is 0 Å². The van der Waals surface area contributed by atoms with Gasteiger partial charge in [0.15, 0.2) is 0 Å². The Kier molecular flexibility index (Phi) is 5.28. The van der Waals surface area contributed by atoms with Crippen molar-refractivity contribution in [1.29, 1.82) is 0 Å². The lowest BCUT2D eigenvalue weighted by Gasteiger charge is -2.13. The second kappa shape index (κ2) is 7.92. The monoisotopic (exact) mass is 436 g/mol. The highest BCUT2D eigenvalue weighted by Gasteiger charge is 2.36. The van der Waals surface area contributed by atoms with Crippen molar-refractivity contribution < 1.29 is 14.4 Å². The number of imide groups is 1. The van der Waals surface area contributed by atoms with E-state index in [0.717, 1.165) is 33.3 Å². The summed E-state index contributed by atoms with van der Waals surface area (Å²) in [7, 11) is 3.37. The van der Waals surface area contributed by atoms with Crippen molar-refractivity contribution in [3.63, 3.8) is 0 Å². The molecule has 1 aliphatic heterocycles. The number of nitrogens with one attached hydrogen (secondary N) is 1. The van der Waals surface area contributed by atoms with Crippen LogP contribution in [0.4, 0.5) is 10.5 Å². The summed E-state index contributed by atoms with van der Waals surface area (Å²) in [4.78, 5) is 50.7. The second-order valence-electron chi connectivity index (χ2n) is 7.28. The Morgan fingerprint density at radius 1 is 1.03 bits per heavy atom. The molecule has 0 spiro atoms. The first-order chi connectivity index (χ1) is 14.8. The van der Waals surface area contributed by atoms with Crippen molar-refractivity contribution in [2.75, 3.05) is 11.9 Å². The van der Waals surface area contributed by atoms with Gasteiger partial charge < -0.3 is 5.32 Å². The summed E-state index contributed by atoms with van der Waals surface area (Å²) in [6.07, 6.45) is 1.60. The van der Waals surface area contributed by atoms with E-state index in [1.54, 1.807) is 55.1 Å². The third-order valence-corrected chi connectivity index (χ3v) is 6.10. The van der Waals surface area contributed by atoms with E-state index in [1.807, 2.05) is 19.1 Å². The van der Waals surface area contributed by atoms with Crippen LogP contribution in [-0.2, 0) is 23.7 Å². The highest BCUT2D eigenvalue weighted by atomic mass is 32.2. The number of hydrogen-bond donors (Lipinski definition) is 1. The molecule has 3 aromatic rings. The van der Waals surface area contributed by atoms with Gasteiger partial charge in [0, 0.05) is 19.8 Å². The van der Waals surface area contributed by atoms with E-state index in [1.165, 1.54) is 4.57 Å². The third kappa shape index (κ3) is 3.79. The Hall–Kier alpha value is -3.59. The van der Waals surface area contributed by atoms with Crippen molar-refractivity contribution in [2.45, 2.75) is 6.92 Å². The van der Waals surface area contributed by atoms with Crippen LogP contribution in [0.1, 0.15) is 11.1 Å². The topological polar surface area (TPSA) is 93.4 Å². The molecule has 1 saturated heterocycles. The maximum atomic E-state index is 12.7. The van der Waals surface area contributed by atoms with Crippen LogP contribution in [-0.4, -0.2) is 37.6 Å². The SMILES string of the molecule is Cc1ccccc1NC(=O)CN1C(=O)S/C(=C\c2ccc3c(c2)n(C)c(=O)n3C)C1=O. The van der Waals surface area contributed by atoms with Crippen LogP contribution in [0.15, 0.2) is 52.2 Å². The van der Waals surface area contributed by atoms with Gasteiger partial charge in [-0.3, -0.25) is 28.4 Å². The molecule has 158 valence electrons. The minimum absolute atomic E-state index is 0.146. The molecule has 31 heavy (non-hydrogen) atoms. The van der Waals surface area contributed by atoms with Crippen molar-refractivity contribution in [1.82, 2.24) is 14.0 Å². The minimum Gasteiger partial charge on any atom is -0.324 e. The summed E-state index contributed by atoms with van der Waals surface area (Å²) in [5, 5.41) is 2.23. The lowest BCUT2D eigenvalue weighted by molar-refractivity contribution is -0.127. The molecule has 0 saturated carbocycles. The number of imidazole rings is 1. The molecule has 1 N–H and O–H groups in total. The number of anilines is 1. The average molecular weight is 436 g/mol. The zero-order valence-corrected chi connectivity index (χ0v) is 18.0. The predicted molar refractivity (Wildman–Crippen MR) is 121 cm³/mol. The van der Waals surface area contributed by atoms with E-state index in [4.69, 9.17) is 0 Å². The number of amides is 3. The van der Waals surface area contributed by atoms with Gasteiger partial charge in [-0.2, -0.15) is 0 Å². The first kappa shape index (κ1) is 20.7. The standard InChI is InChI=1S/C22H20N4O4S/c1-13-6-4-5-7-15(13)23-19(27)12-26-20(28)18(31-22(26)30)11-14-8-9-16-17(10-14)25(3)21(29)24(16)2/h4-11H,12H2,1-3H3,(H,23,27)/b18-11-. The number of hydrogen-bond acceptors (Lipinski definition) is 5. The fraction of sp³-hybridized carbons (Fsp3) is 0.182. The number of thioether (sulfide) groups is 1. The number of rotatable bonds is 4. The molecule has 0 bridgehead atoms. The number of carbonyl (C=O) groups is 3. The molecule has 9 heteroatoms. The molecule has 2 aromatic carbocycles. The van der Waals surface area contributed by atoms with Gasteiger partial charge in [0.25, 0.3) is 11.1 Å². The summed E-state index contributed by atoms with van der Waals surface area (Å²) in [5.41, 5.74) is 3.55. The molecule has 8 nitrogen and oxygen atoms in total. The van der Waals surface area contributed by atoms with E-state index in [9.17, 15) is 19.2 Å².